The highest BCUT2D eigenvalue weighted by atomic mass is 16.5. The predicted octanol–water partition coefficient (Wildman–Crippen LogP) is 3.27. The molecule has 0 aromatic heterocycles. The number of likely N-dealkylation sites (N-methyl/N-ethyl adjacent to an activating group) is 7. The number of hydrogen-bond acceptors (Lipinski definition) is 16. The number of carbonyl (C=O) groups excluding carboxylic acids is 11. The lowest BCUT2D eigenvalue weighted by molar-refractivity contribution is -0.157. The average Bonchev–Trinajstić information content (AvgIpc) is 0.808. The minimum Gasteiger partial charge on any atom is -0.390 e. The van der Waals surface area contributed by atoms with Crippen LogP contribution in [-0.2, 0) is 62.2 Å². The molecular formula is C72H130N12O15. The van der Waals surface area contributed by atoms with Crippen LogP contribution in [0.1, 0.15) is 176 Å². The van der Waals surface area contributed by atoms with Gasteiger partial charge in [0.05, 0.1) is 31.0 Å². The monoisotopic (exact) mass is 1400 g/mol. The van der Waals surface area contributed by atoms with Crippen molar-refractivity contribution >= 4 is 65.0 Å². The van der Waals surface area contributed by atoms with E-state index in [4.69, 9.17) is 9.47 Å². The lowest BCUT2D eigenvalue weighted by Crippen LogP contribution is -2.64. The molecular weight excluding hydrogens is 1270 g/mol. The summed E-state index contributed by atoms with van der Waals surface area (Å²) in [5.41, 5.74) is -1.04. The van der Waals surface area contributed by atoms with E-state index in [-0.39, 0.29) is 62.9 Å². The SMILES string of the molecule is CC[C@@H]1NC(=O)[C@H]([C@H](O)[C@H](C)C/C=C/CC(C)(C)O)N(C)C(=O)[C@H](C(C)C)N(C)C(=O)[C@H](CC(C)C)N(C)C(=O)[C@H](CC(C)C)N(C)C(=O)[C@@H](C)NC(=O)[C@H](C)NC(=O)[C@H](CC(C)C)N(C)C(=O)[C@H](C(C)C)NC(=O)[C@H]([C@@H](C)OCCCCN2CCOCC2)N(C)C(=O)[C@@H](C)N(C)C1=O. The molecule has 99 heavy (non-hydrogen) atoms. The van der Waals surface area contributed by atoms with Crippen LogP contribution in [0.5, 0.6) is 0 Å². The van der Waals surface area contributed by atoms with Gasteiger partial charge >= 0.3 is 0 Å². The van der Waals surface area contributed by atoms with Crippen molar-refractivity contribution < 1.29 is 72.4 Å². The van der Waals surface area contributed by atoms with E-state index < -0.39 is 167 Å². The summed E-state index contributed by atoms with van der Waals surface area (Å²) in [5.74, 6) is -10.4. The molecule has 568 valence electrons. The number of ether oxygens (including phenoxy) is 2. The standard InChI is InChI=1S/C72H130N12O15/c1-26-52-67(92)77(19)50(15)66(91)82(24)58(51(16)99-36-30-29-33-84-34-37-98-38-35-84)63(88)76-56(45(8)9)70(95)78(20)53(39-42(2)3)62(87)73-48(13)61(86)74-49(14)65(90)79(21)54(40-43(4)5)68(93)80(22)55(41-44(6)7)69(94)81(23)57(46(10)11)71(96)83(25)59(64(89)75-52)60(85)47(12)31-27-28-32-72(17,18)97/h27-28,42-60,85,97H,26,29-41H2,1-25H3,(H,73,87)(H,74,86)(H,75,89)(H,76,88)/b28-27+/t47-,48+,49-,50-,51-,52+,53+,54+,55+,56+,57+,58+,59+,60-/m1/s1. The van der Waals surface area contributed by atoms with Crippen molar-refractivity contribution in [1.82, 2.24) is 60.5 Å². The van der Waals surface area contributed by atoms with Gasteiger partial charge in [-0.25, -0.2) is 0 Å². The number of rotatable bonds is 22. The number of aliphatic hydroxyl groups is 2. The van der Waals surface area contributed by atoms with Gasteiger partial charge in [0.15, 0.2) is 0 Å². The number of aliphatic hydroxyl groups excluding tert-OH is 1. The lowest BCUT2D eigenvalue weighted by Gasteiger charge is -2.41. The molecule has 0 unspecified atom stereocenters. The highest BCUT2D eigenvalue weighted by molar-refractivity contribution is 6.00. The minimum absolute atomic E-state index is 0.0358. The van der Waals surface area contributed by atoms with Crippen molar-refractivity contribution in [2.75, 3.05) is 88.8 Å². The predicted molar refractivity (Wildman–Crippen MR) is 381 cm³/mol. The Labute approximate surface area is 592 Å². The first-order valence-corrected chi connectivity index (χ1v) is 35.9. The Bertz CT molecular complexity index is 2700. The van der Waals surface area contributed by atoms with Crippen LogP contribution in [0.3, 0.4) is 0 Å². The van der Waals surface area contributed by atoms with Gasteiger partial charge in [0.2, 0.25) is 65.0 Å². The number of nitrogens with one attached hydrogen (secondary N) is 4. The van der Waals surface area contributed by atoms with Crippen LogP contribution >= 0.6 is 0 Å². The van der Waals surface area contributed by atoms with E-state index in [1.165, 1.54) is 89.7 Å². The van der Waals surface area contributed by atoms with Crippen molar-refractivity contribution in [3.05, 3.63) is 12.2 Å². The van der Waals surface area contributed by atoms with E-state index in [9.17, 15) is 34.2 Å². The number of nitrogens with zero attached hydrogens (tertiary/aromatic N) is 8. The first-order chi connectivity index (χ1) is 45.9. The third-order valence-corrected chi connectivity index (χ3v) is 19.1. The number of carbonyl (C=O) groups is 11. The van der Waals surface area contributed by atoms with Gasteiger partial charge in [0.25, 0.3) is 0 Å². The van der Waals surface area contributed by atoms with Crippen molar-refractivity contribution in [2.45, 2.75) is 260 Å². The molecule has 0 aliphatic carbocycles. The van der Waals surface area contributed by atoms with Crippen LogP contribution < -0.4 is 21.3 Å². The molecule has 2 heterocycles. The van der Waals surface area contributed by atoms with Crippen LogP contribution in [0.25, 0.3) is 0 Å². The summed E-state index contributed by atoms with van der Waals surface area (Å²) in [6.45, 7) is 34.5. The van der Waals surface area contributed by atoms with E-state index in [0.29, 0.717) is 19.6 Å². The molecule has 2 aliphatic heterocycles. The van der Waals surface area contributed by atoms with Gasteiger partial charge in [-0.2, -0.15) is 0 Å². The molecule has 2 aliphatic rings. The molecule has 11 amide bonds. The Morgan fingerprint density at radius 3 is 1.49 bits per heavy atom. The number of amides is 11. The smallest absolute Gasteiger partial charge is 0.246 e. The van der Waals surface area contributed by atoms with Gasteiger partial charge in [-0.05, 0) is 135 Å². The van der Waals surface area contributed by atoms with Gasteiger partial charge in [-0.15, -0.1) is 0 Å². The van der Waals surface area contributed by atoms with Crippen molar-refractivity contribution in [1.29, 1.82) is 0 Å². The highest BCUT2D eigenvalue weighted by Crippen LogP contribution is 2.26. The minimum atomic E-state index is -1.70. The summed E-state index contributed by atoms with van der Waals surface area (Å²) in [4.78, 5) is 175. The Morgan fingerprint density at radius 2 is 0.990 bits per heavy atom. The molecule has 0 aromatic carbocycles. The maximum Gasteiger partial charge on any atom is 0.246 e. The summed E-state index contributed by atoms with van der Waals surface area (Å²) in [6, 6.07) is -14.4. The topological polar surface area (TPSA) is 321 Å². The molecule has 0 bridgehead atoms. The van der Waals surface area contributed by atoms with Crippen LogP contribution in [0.15, 0.2) is 12.2 Å². The third-order valence-electron chi connectivity index (χ3n) is 19.1. The zero-order valence-electron chi connectivity index (χ0n) is 64.8. The summed E-state index contributed by atoms with van der Waals surface area (Å²) >= 11 is 0. The number of allylic oxidation sites excluding steroid dienone is 1. The average molecular weight is 1400 g/mol. The fraction of sp³-hybridized carbons (Fsp3) is 0.819. The molecule has 14 atom stereocenters. The summed E-state index contributed by atoms with van der Waals surface area (Å²) in [6.07, 6.45) is 3.06. The number of unbranched alkanes of at least 4 members (excludes halogenated alkanes) is 1. The largest absolute Gasteiger partial charge is 0.390 e. The van der Waals surface area contributed by atoms with Gasteiger partial charge in [-0.1, -0.05) is 95.2 Å². The molecule has 27 nitrogen and oxygen atoms in total. The van der Waals surface area contributed by atoms with E-state index in [1.54, 1.807) is 74.5 Å². The molecule has 27 heteroatoms. The fourth-order valence-corrected chi connectivity index (χ4v) is 12.6. The molecule has 2 rings (SSSR count). The Morgan fingerprint density at radius 1 is 0.515 bits per heavy atom. The first-order valence-electron chi connectivity index (χ1n) is 35.9. The zero-order valence-corrected chi connectivity index (χ0v) is 64.8. The van der Waals surface area contributed by atoms with Gasteiger partial charge in [0.1, 0.15) is 66.5 Å². The Kier molecular flexibility index (Phi) is 36.7. The van der Waals surface area contributed by atoms with Crippen LogP contribution in [0, 0.1) is 35.5 Å². The molecule has 0 saturated carbocycles. The summed E-state index contributed by atoms with van der Waals surface area (Å²) in [5, 5.41) is 33.9. The van der Waals surface area contributed by atoms with Crippen LogP contribution in [0.4, 0.5) is 0 Å². The molecule has 2 saturated heterocycles. The lowest BCUT2D eigenvalue weighted by atomic mass is 9.91. The second kappa shape index (κ2) is 41.0. The molecule has 0 spiro atoms. The van der Waals surface area contributed by atoms with Crippen LogP contribution in [-0.4, -0.2) is 287 Å². The van der Waals surface area contributed by atoms with E-state index in [0.717, 1.165) is 40.8 Å². The zero-order chi connectivity index (χ0) is 76.0. The first kappa shape index (κ1) is 88.8. The van der Waals surface area contributed by atoms with Gasteiger partial charge in [0, 0.05) is 69.0 Å². The fourth-order valence-electron chi connectivity index (χ4n) is 12.6. The second-order valence-electron chi connectivity index (χ2n) is 30.4. The summed E-state index contributed by atoms with van der Waals surface area (Å²) in [7, 11) is 9.83. The van der Waals surface area contributed by atoms with E-state index in [1.807, 2.05) is 41.5 Å². The molecule has 0 aromatic rings. The van der Waals surface area contributed by atoms with E-state index in [2.05, 4.69) is 26.2 Å². The van der Waals surface area contributed by atoms with Gasteiger partial charge < -0.3 is 75.3 Å². The number of hydrogen-bond donors (Lipinski definition) is 6. The quantitative estimate of drug-likeness (QED) is 0.0669. The Balaban J connectivity index is 3.04. The van der Waals surface area contributed by atoms with Crippen molar-refractivity contribution in [3.8, 4) is 0 Å². The normalized spacial score (nSPS) is 27.1. The van der Waals surface area contributed by atoms with E-state index >= 15 is 28.8 Å². The number of morpholine rings is 1. The third kappa shape index (κ3) is 26.2. The Hall–Kier alpha value is -6.29. The van der Waals surface area contributed by atoms with Gasteiger partial charge in [-0.3, -0.25) is 57.6 Å². The van der Waals surface area contributed by atoms with Crippen LogP contribution in [0.2, 0.25) is 0 Å². The summed E-state index contributed by atoms with van der Waals surface area (Å²) < 4.78 is 11.9. The maximum atomic E-state index is 15.4. The molecule has 0 radical (unpaired) electrons. The van der Waals surface area contributed by atoms with Crippen molar-refractivity contribution in [2.24, 2.45) is 35.5 Å². The van der Waals surface area contributed by atoms with Crippen molar-refractivity contribution in [3.63, 3.8) is 0 Å². The maximum absolute atomic E-state index is 15.4. The molecule has 6 N–H and O–H groups in total. The highest BCUT2D eigenvalue weighted by Gasteiger charge is 2.47. The second-order valence-corrected chi connectivity index (χ2v) is 30.4. The molecule has 2 fully saturated rings.